The molecule has 1 heterocycles. The summed E-state index contributed by atoms with van der Waals surface area (Å²) in [6.45, 7) is 0.276. The predicted octanol–water partition coefficient (Wildman–Crippen LogP) is 3.55. The smallest absolute Gasteiger partial charge is 0.352 e. The first kappa shape index (κ1) is 14.8. The Morgan fingerprint density at radius 1 is 1.27 bits per heavy atom. The van der Waals surface area contributed by atoms with Crippen molar-refractivity contribution in [3.05, 3.63) is 42.1 Å². The summed E-state index contributed by atoms with van der Waals surface area (Å²) in [6, 6.07) is 9.17. The number of alkyl halides is 3. The van der Waals surface area contributed by atoms with Crippen LogP contribution in [0.2, 0.25) is 0 Å². The largest absolute Gasteiger partial charge is 0.391 e. The molecule has 0 aliphatic heterocycles. The molecular weight excluding hydrogens is 293 g/mol. The Kier molecular flexibility index (Phi) is 3.76. The number of halogens is 3. The molecule has 0 bridgehead atoms. The van der Waals surface area contributed by atoms with Gasteiger partial charge in [0.2, 0.25) is 0 Å². The number of amides is 1. The molecule has 3 rings (SSSR count). The number of hydrogen-bond donors (Lipinski definition) is 1. The van der Waals surface area contributed by atoms with Gasteiger partial charge in [0.1, 0.15) is 0 Å². The van der Waals surface area contributed by atoms with Crippen molar-refractivity contribution in [1.82, 2.24) is 10.3 Å². The molecule has 2 aromatic rings. The highest BCUT2D eigenvalue weighted by Crippen LogP contribution is 2.44. The Morgan fingerprint density at radius 3 is 2.73 bits per heavy atom. The number of hydrogen-bond acceptors (Lipinski definition) is 2. The number of carbonyl (C=O) groups is 1. The van der Waals surface area contributed by atoms with Gasteiger partial charge in [0.25, 0.3) is 5.91 Å². The molecule has 6 heteroatoms. The monoisotopic (exact) mass is 308 g/mol. The standard InChI is InChI=1S/C16H15F3N2O/c17-16(18,19)13-5-10(6-13)8-21-15(22)12-7-11-3-1-2-4-14(11)20-9-12/h1-4,7,9-10,13H,5-6,8H2,(H,21,22). The zero-order chi connectivity index (χ0) is 15.7. The summed E-state index contributed by atoms with van der Waals surface area (Å²) < 4.78 is 37.2. The van der Waals surface area contributed by atoms with Crippen LogP contribution >= 0.6 is 0 Å². The lowest BCUT2D eigenvalue weighted by Crippen LogP contribution is -2.41. The van der Waals surface area contributed by atoms with E-state index in [1.807, 2.05) is 24.3 Å². The number of carbonyl (C=O) groups excluding carboxylic acids is 1. The van der Waals surface area contributed by atoms with E-state index in [-0.39, 0.29) is 31.2 Å². The van der Waals surface area contributed by atoms with Crippen LogP contribution in [0, 0.1) is 11.8 Å². The van der Waals surface area contributed by atoms with E-state index in [9.17, 15) is 18.0 Å². The Bertz CT molecular complexity index is 693. The number of para-hydroxylation sites is 1. The molecule has 1 saturated carbocycles. The summed E-state index contributed by atoms with van der Waals surface area (Å²) >= 11 is 0. The van der Waals surface area contributed by atoms with E-state index in [0.717, 1.165) is 10.9 Å². The third kappa shape index (κ3) is 3.05. The molecule has 0 unspecified atom stereocenters. The molecule has 1 aromatic carbocycles. The molecule has 1 amide bonds. The van der Waals surface area contributed by atoms with E-state index in [4.69, 9.17) is 0 Å². The van der Waals surface area contributed by atoms with Gasteiger partial charge in [-0.2, -0.15) is 13.2 Å². The molecule has 116 valence electrons. The highest BCUT2D eigenvalue weighted by atomic mass is 19.4. The summed E-state index contributed by atoms with van der Waals surface area (Å²) in [5.41, 5.74) is 1.22. The lowest BCUT2D eigenvalue weighted by molar-refractivity contribution is -0.203. The Hall–Kier alpha value is -2.11. The normalized spacial score (nSPS) is 21.4. The molecule has 1 fully saturated rings. The zero-order valence-electron chi connectivity index (χ0n) is 11.7. The van der Waals surface area contributed by atoms with Crippen LogP contribution in [0.25, 0.3) is 10.9 Å². The van der Waals surface area contributed by atoms with Crippen LogP contribution in [0.5, 0.6) is 0 Å². The number of nitrogens with zero attached hydrogens (tertiary/aromatic N) is 1. The van der Waals surface area contributed by atoms with Gasteiger partial charge in [0.15, 0.2) is 0 Å². The molecule has 1 aliphatic carbocycles. The number of benzene rings is 1. The van der Waals surface area contributed by atoms with Crippen molar-refractivity contribution in [2.24, 2.45) is 11.8 Å². The number of nitrogens with one attached hydrogen (secondary N) is 1. The van der Waals surface area contributed by atoms with Crippen molar-refractivity contribution in [1.29, 1.82) is 0 Å². The molecule has 3 nitrogen and oxygen atoms in total. The van der Waals surface area contributed by atoms with Crippen molar-refractivity contribution in [2.75, 3.05) is 6.54 Å². The maximum absolute atomic E-state index is 12.4. The van der Waals surface area contributed by atoms with Gasteiger partial charge in [-0.15, -0.1) is 0 Å². The highest BCUT2D eigenvalue weighted by Gasteiger charge is 2.47. The van der Waals surface area contributed by atoms with Crippen LogP contribution in [-0.2, 0) is 0 Å². The average Bonchev–Trinajstić information content (AvgIpc) is 2.43. The molecule has 22 heavy (non-hydrogen) atoms. The van der Waals surface area contributed by atoms with E-state index >= 15 is 0 Å². The van der Waals surface area contributed by atoms with Gasteiger partial charge < -0.3 is 5.32 Å². The second kappa shape index (κ2) is 5.59. The van der Waals surface area contributed by atoms with Crippen LogP contribution in [0.1, 0.15) is 23.2 Å². The first-order valence-electron chi connectivity index (χ1n) is 7.13. The third-order valence-electron chi connectivity index (χ3n) is 4.10. The maximum atomic E-state index is 12.4. The van der Waals surface area contributed by atoms with Crippen molar-refractivity contribution in [2.45, 2.75) is 19.0 Å². The fraction of sp³-hybridized carbons (Fsp3) is 0.375. The van der Waals surface area contributed by atoms with Gasteiger partial charge in [-0.05, 0) is 30.9 Å². The van der Waals surface area contributed by atoms with Crippen LogP contribution in [0.15, 0.2) is 36.5 Å². The van der Waals surface area contributed by atoms with E-state index in [1.165, 1.54) is 6.20 Å². The maximum Gasteiger partial charge on any atom is 0.391 e. The zero-order valence-corrected chi connectivity index (χ0v) is 11.7. The Balaban J connectivity index is 1.56. The lowest BCUT2D eigenvalue weighted by atomic mass is 9.74. The van der Waals surface area contributed by atoms with Crippen molar-refractivity contribution >= 4 is 16.8 Å². The summed E-state index contributed by atoms with van der Waals surface area (Å²) in [6.07, 6.45) is -2.43. The highest BCUT2D eigenvalue weighted by molar-refractivity contribution is 5.97. The number of pyridine rings is 1. The number of fused-ring (bicyclic) bond motifs is 1. The SMILES string of the molecule is O=C(NCC1CC(C(F)(F)F)C1)c1cnc2ccccc2c1. The van der Waals surface area contributed by atoms with Gasteiger partial charge in [-0.3, -0.25) is 9.78 Å². The lowest BCUT2D eigenvalue weighted by Gasteiger charge is -2.36. The summed E-state index contributed by atoms with van der Waals surface area (Å²) in [4.78, 5) is 16.2. The molecule has 0 spiro atoms. The quantitative estimate of drug-likeness (QED) is 0.942. The molecule has 0 saturated heterocycles. The molecule has 1 aromatic heterocycles. The van der Waals surface area contributed by atoms with Crippen LogP contribution in [-0.4, -0.2) is 23.6 Å². The van der Waals surface area contributed by atoms with Crippen LogP contribution < -0.4 is 5.32 Å². The van der Waals surface area contributed by atoms with Gasteiger partial charge in [0.05, 0.1) is 17.0 Å². The van der Waals surface area contributed by atoms with Gasteiger partial charge in [0, 0.05) is 18.1 Å². The third-order valence-corrected chi connectivity index (χ3v) is 4.10. The minimum absolute atomic E-state index is 0.0935. The van der Waals surface area contributed by atoms with Crippen molar-refractivity contribution in [3.63, 3.8) is 0 Å². The molecule has 1 N–H and O–H groups in total. The Labute approximate surface area is 125 Å². The van der Waals surface area contributed by atoms with Gasteiger partial charge in [-0.25, -0.2) is 0 Å². The van der Waals surface area contributed by atoms with Crippen molar-refractivity contribution < 1.29 is 18.0 Å². The average molecular weight is 308 g/mol. The van der Waals surface area contributed by atoms with E-state index in [2.05, 4.69) is 10.3 Å². The number of aromatic nitrogens is 1. The molecule has 0 radical (unpaired) electrons. The van der Waals surface area contributed by atoms with Crippen LogP contribution in [0.3, 0.4) is 0 Å². The minimum Gasteiger partial charge on any atom is -0.352 e. The van der Waals surface area contributed by atoms with Crippen LogP contribution in [0.4, 0.5) is 13.2 Å². The molecular formula is C16H15F3N2O. The van der Waals surface area contributed by atoms with Gasteiger partial charge in [-0.1, -0.05) is 18.2 Å². The van der Waals surface area contributed by atoms with Crippen molar-refractivity contribution in [3.8, 4) is 0 Å². The summed E-state index contributed by atoms with van der Waals surface area (Å²) in [7, 11) is 0. The number of rotatable bonds is 3. The molecule has 0 atom stereocenters. The first-order valence-corrected chi connectivity index (χ1v) is 7.13. The summed E-state index contributed by atoms with van der Waals surface area (Å²) in [5, 5.41) is 3.55. The molecule has 1 aliphatic rings. The first-order chi connectivity index (χ1) is 10.4. The van der Waals surface area contributed by atoms with E-state index in [0.29, 0.717) is 5.56 Å². The Morgan fingerprint density at radius 2 is 2.00 bits per heavy atom. The van der Waals surface area contributed by atoms with E-state index in [1.54, 1.807) is 6.07 Å². The van der Waals surface area contributed by atoms with Gasteiger partial charge >= 0.3 is 6.18 Å². The topological polar surface area (TPSA) is 42.0 Å². The minimum atomic E-state index is -4.11. The predicted molar refractivity (Wildman–Crippen MR) is 76.3 cm³/mol. The second-order valence-electron chi connectivity index (χ2n) is 5.70. The second-order valence-corrected chi connectivity index (χ2v) is 5.70. The summed E-state index contributed by atoms with van der Waals surface area (Å²) in [5.74, 6) is -1.60. The fourth-order valence-corrected chi connectivity index (χ4v) is 2.70. The van der Waals surface area contributed by atoms with E-state index < -0.39 is 12.1 Å². The fourth-order valence-electron chi connectivity index (χ4n) is 2.70.